The van der Waals surface area contributed by atoms with E-state index in [1.54, 1.807) is 0 Å². The van der Waals surface area contributed by atoms with E-state index in [-0.39, 0.29) is 12.2 Å². The van der Waals surface area contributed by atoms with Gasteiger partial charge in [-0.25, -0.2) is 4.79 Å². The van der Waals surface area contributed by atoms with Gasteiger partial charge in [0.05, 0.1) is 0 Å². The fraction of sp³-hybridized carbons (Fsp3) is 0.909. The van der Waals surface area contributed by atoms with Crippen molar-refractivity contribution in [3.8, 4) is 0 Å². The van der Waals surface area contributed by atoms with E-state index in [1.807, 2.05) is 0 Å². The molecule has 1 saturated heterocycles. The van der Waals surface area contributed by atoms with E-state index in [2.05, 4.69) is 19.2 Å². The van der Waals surface area contributed by atoms with Crippen molar-refractivity contribution >= 4 is 6.09 Å². The lowest BCUT2D eigenvalue weighted by Gasteiger charge is -2.42. The van der Waals surface area contributed by atoms with Gasteiger partial charge in [0.15, 0.2) is 0 Å². The topological polar surface area (TPSA) is 38.3 Å². The summed E-state index contributed by atoms with van der Waals surface area (Å²) in [6.07, 6.45) is 4.72. The molecule has 14 heavy (non-hydrogen) atoms. The first-order valence-electron chi connectivity index (χ1n) is 5.65. The summed E-state index contributed by atoms with van der Waals surface area (Å²) in [6, 6.07) is 0.321. The summed E-state index contributed by atoms with van der Waals surface area (Å²) in [7, 11) is 0. The lowest BCUT2D eigenvalue weighted by molar-refractivity contribution is -0.0161. The molecule has 0 bridgehead atoms. The number of carbonyl (C=O) groups is 1. The van der Waals surface area contributed by atoms with Crippen molar-refractivity contribution in [1.29, 1.82) is 0 Å². The monoisotopic (exact) mass is 197 g/mol. The highest BCUT2D eigenvalue weighted by molar-refractivity contribution is 5.68. The SMILES string of the molecule is CC(C)C1NC(=O)OC2CCCCC21. The van der Waals surface area contributed by atoms with Crippen LogP contribution < -0.4 is 5.32 Å². The summed E-state index contributed by atoms with van der Waals surface area (Å²) < 4.78 is 5.32. The van der Waals surface area contributed by atoms with Gasteiger partial charge in [0.25, 0.3) is 0 Å². The summed E-state index contributed by atoms with van der Waals surface area (Å²) in [5.41, 5.74) is 0. The molecular formula is C11H19NO2. The molecule has 80 valence electrons. The fourth-order valence-corrected chi connectivity index (χ4v) is 2.76. The minimum atomic E-state index is -0.216. The van der Waals surface area contributed by atoms with Gasteiger partial charge >= 0.3 is 6.09 Å². The highest BCUT2D eigenvalue weighted by Crippen LogP contribution is 2.34. The van der Waals surface area contributed by atoms with Crippen molar-refractivity contribution in [3.05, 3.63) is 0 Å². The Labute approximate surface area is 85.2 Å². The van der Waals surface area contributed by atoms with E-state index in [1.165, 1.54) is 19.3 Å². The Hall–Kier alpha value is -0.730. The molecular weight excluding hydrogens is 178 g/mol. The summed E-state index contributed by atoms with van der Waals surface area (Å²) >= 11 is 0. The molecule has 0 spiro atoms. The van der Waals surface area contributed by atoms with Crippen LogP contribution in [0.4, 0.5) is 4.79 Å². The molecule has 1 aliphatic carbocycles. The number of hydrogen-bond donors (Lipinski definition) is 1. The van der Waals surface area contributed by atoms with Gasteiger partial charge < -0.3 is 10.1 Å². The zero-order valence-corrected chi connectivity index (χ0v) is 8.95. The maximum absolute atomic E-state index is 11.3. The maximum atomic E-state index is 11.3. The van der Waals surface area contributed by atoms with Gasteiger partial charge in [0, 0.05) is 12.0 Å². The Bertz CT molecular complexity index is 227. The summed E-state index contributed by atoms with van der Waals surface area (Å²) in [6.45, 7) is 4.34. The molecule has 3 atom stereocenters. The molecule has 0 aromatic rings. The predicted octanol–water partition coefficient (Wildman–Crippen LogP) is 2.31. The molecule has 3 heteroatoms. The number of rotatable bonds is 1. The first kappa shape index (κ1) is 9.81. The Balaban J connectivity index is 2.10. The van der Waals surface area contributed by atoms with Crippen LogP contribution in [0.5, 0.6) is 0 Å². The van der Waals surface area contributed by atoms with Crippen LogP contribution in [0.3, 0.4) is 0 Å². The van der Waals surface area contributed by atoms with E-state index < -0.39 is 0 Å². The maximum Gasteiger partial charge on any atom is 0.407 e. The molecule has 3 nitrogen and oxygen atoms in total. The quantitative estimate of drug-likeness (QED) is 0.700. The summed E-state index contributed by atoms with van der Waals surface area (Å²) in [4.78, 5) is 11.3. The minimum absolute atomic E-state index is 0.185. The third-order valence-corrected chi connectivity index (χ3v) is 3.48. The number of amides is 1. The number of hydrogen-bond acceptors (Lipinski definition) is 2. The zero-order valence-electron chi connectivity index (χ0n) is 8.95. The Morgan fingerprint density at radius 2 is 2.07 bits per heavy atom. The van der Waals surface area contributed by atoms with Gasteiger partial charge in [-0.2, -0.15) is 0 Å². The first-order valence-corrected chi connectivity index (χ1v) is 5.65. The van der Waals surface area contributed by atoms with Crippen LogP contribution in [0.1, 0.15) is 39.5 Å². The van der Waals surface area contributed by atoms with Gasteiger partial charge in [-0.3, -0.25) is 0 Å². The van der Waals surface area contributed by atoms with E-state index in [4.69, 9.17) is 4.74 Å². The Morgan fingerprint density at radius 3 is 2.79 bits per heavy atom. The van der Waals surface area contributed by atoms with Crippen LogP contribution in [0.25, 0.3) is 0 Å². The molecule has 1 amide bonds. The van der Waals surface area contributed by atoms with Crippen LogP contribution in [0.15, 0.2) is 0 Å². The van der Waals surface area contributed by atoms with Crippen molar-refractivity contribution in [3.63, 3.8) is 0 Å². The van der Waals surface area contributed by atoms with Crippen LogP contribution in [-0.4, -0.2) is 18.2 Å². The van der Waals surface area contributed by atoms with Crippen molar-refractivity contribution in [2.75, 3.05) is 0 Å². The van der Waals surface area contributed by atoms with Gasteiger partial charge in [-0.15, -0.1) is 0 Å². The largest absolute Gasteiger partial charge is 0.446 e. The third-order valence-electron chi connectivity index (χ3n) is 3.48. The number of ether oxygens (including phenoxy) is 1. The third kappa shape index (κ3) is 1.72. The molecule has 0 aromatic heterocycles. The summed E-state index contributed by atoms with van der Waals surface area (Å²) in [5.74, 6) is 1.05. The van der Waals surface area contributed by atoms with Crippen LogP contribution in [-0.2, 0) is 4.74 Å². The van der Waals surface area contributed by atoms with Crippen molar-refractivity contribution in [1.82, 2.24) is 5.32 Å². The average molecular weight is 197 g/mol. The molecule has 2 fully saturated rings. The lowest BCUT2D eigenvalue weighted by atomic mass is 9.77. The second-order valence-corrected chi connectivity index (χ2v) is 4.81. The smallest absolute Gasteiger partial charge is 0.407 e. The molecule has 3 unspecified atom stereocenters. The Kier molecular flexibility index (Phi) is 2.66. The molecule has 1 N–H and O–H groups in total. The highest BCUT2D eigenvalue weighted by atomic mass is 16.6. The Morgan fingerprint density at radius 1 is 1.36 bits per heavy atom. The van der Waals surface area contributed by atoms with Gasteiger partial charge in [0.2, 0.25) is 0 Å². The van der Waals surface area contributed by atoms with E-state index in [0.717, 1.165) is 6.42 Å². The minimum Gasteiger partial charge on any atom is -0.446 e. The van der Waals surface area contributed by atoms with Crippen LogP contribution in [0, 0.1) is 11.8 Å². The number of nitrogens with one attached hydrogen (secondary N) is 1. The number of fused-ring (bicyclic) bond motifs is 1. The average Bonchev–Trinajstić information content (AvgIpc) is 2.16. The highest BCUT2D eigenvalue weighted by Gasteiger charge is 2.40. The molecule has 1 heterocycles. The number of alkyl carbamates (subject to hydrolysis) is 1. The molecule has 0 radical (unpaired) electrons. The normalized spacial score (nSPS) is 37.4. The van der Waals surface area contributed by atoms with E-state index in [9.17, 15) is 4.79 Å². The lowest BCUT2D eigenvalue weighted by Crippen LogP contribution is -2.55. The van der Waals surface area contributed by atoms with E-state index >= 15 is 0 Å². The molecule has 0 aromatic carbocycles. The zero-order chi connectivity index (χ0) is 10.1. The molecule has 2 aliphatic rings. The van der Waals surface area contributed by atoms with Crippen molar-refractivity contribution < 1.29 is 9.53 Å². The van der Waals surface area contributed by atoms with Crippen LogP contribution >= 0.6 is 0 Å². The van der Waals surface area contributed by atoms with Crippen molar-refractivity contribution in [2.45, 2.75) is 51.7 Å². The second kappa shape index (κ2) is 3.79. The van der Waals surface area contributed by atoms with Crippen molar-refractivity contribution in [2.24, 2.45) is 11.8 Å². The van der Waals surface area contributed by atoms with E-state index in [0.29, 0.717) is 17.9 Å². The fourth-order valence-electron chi connectivity index (χ4n) is 2.76. The first-order chi connectivity index (χ1) is 6.68. The number of carbonyl (C=O) groups excluding carboxylic acids is 1. The predicted molar refractivity (Wildman–Crippen MR) is 54.0 cm³/mol. The molecule has 1 aliphatic heterocycles. The van der Waals surface area contributed by atoms with Crippen LogP contribution in [0.2, 0.25) is 0 Å². The second-order valence-electron chi connectivity index (χ2n) is 4.81. The molecule has 2 rings (SSSR count). The van der Waals surface area contributed by atoms with Gasteiger partial charge in [0.1, 0.15) is 6.10 Å². The molecule has 1 saturated carbocycles. The van der Waals surface area contributed by atoms with Gasteiger partial charge in [-0.05, 0) is 25.2 Å². The summed E-state index contributed by atoms with van der Waals surface area (Å²) in [5, 5.41) is 2.95. The van der Waals surface area contributed by atoms with Gasteiger partial charge in [-0.1, -0.05) is 20.3 Å². The standard InChI is InChI=1S/C11H19NO2/c1-7(2)10-8-5-3-4-6-9(8)14-11(13)12-10/h7-10H,3-6H2,1-2H3,(H,12,13).